The molecule has 1 aromatic rings. The van der Waals surface area contributed by atoms with Crippen LogP contribution in [-0.2, 0) is 11.2 Å². The van der Waals surface area contributed by atoms with Crippen LogP contribution in [0.5, 0.6) is 5.75 Å². The number of hydrogen-bond donors (Lipinski definition) is 0. The summed E-state index contributed by atoms with van der Waals surface area (Å²) in [5.41, 5.74) is 1.26. The Kier molecular flexibility index (Phi) is 9.71. The molecular weight excluding hydrogens is 416 g/mol. The van der Waals surface area contributed by atoms with E-state index in [0.717, 1.165) is 55.3 Å². The van der Waals surface area contributed by atoms with E-state index in [1.165, 1.54) is 82.6 Å². The van der Waals surface area contributed by atoms with Crippen molar-refractivity contribution in [3.8, 4) is 5.75 Å². The fourth-order valence-electron chi connectivity index (χ4n) is 7.41. The summed E-state index contributed by atoms with van der Waals surface area (Å²) in [5.74, 6) is 5.57. The first-order chi connectivity index (χ1) is 16.7. The third-order valence-electron chi connectivity index (χ3n) is 9.53. The predicted molar refractivity (Wildman–Crippen MR) is 142 cm³/mol. The van der Waals surface area contributed by atoms with Crippen LogP contribution in [0.3, 0.4) is 0 Å². The molecule has 0 N–H and O–H groups in total. The van der Waals surface area contributed by atoms with Gasteiger partial charge in [-0.2, -0.15) is 0 Å². The van der Waals surface area contributed by atoms with Gasteiger partial charge in [0.1, 0.15) is 5.75 Å². The molecule has 0 aliphatic heterocycles. The van der Waals surface area contributed by atoms with Crippen LogP contribution < -0.4 is 4.74 Å². The summed E-state index contributed by atoms with van der Waals surface area (Å²) in [6.07, 6.45) is 23.0. The Morgan fingerprint density at radius 3 is 2.24 bits per heavy atom. The van der Waals surface area contributed by atoms with Crippen LogP contribution in [0.15, 0.2) is 36.9 Å². The fraction of sp³-hybridized carbons (Fsp3) is 0.719. The number of aryl methyl sites for hydroxylation is 1. The summed E-state index contributed by atoms with van der Waals surface area (Å²) >= 11 is 0. The second-order valence-electron chi connectivity index (χ2n) is 11.8. The van der Waals surface area contributed by atoms with E-state index in [1.807, 2.05) is 18.2 Å². The van der Waals surface area contributed by atoms with E-state index in [9.17, 15) is 4.79 Å². The number of rotatable bonds is 10. The van der Waals surface area contributed by atoms with Gasteiger partial charge in [0.25, 0.3) is 0 Å². The van der Waals surface area contributed by atoms with E-state index in [0.29, 0.717) is 5.75 Å². The van der Waals surface area contributed by atoms with Gasteiger partial charge < -0.3 is 4.74 Å². The quantitative estimate of drug-likeness (QED) is 0.149. The van der Waals surface area contributed by atoms with Gasteiger partial charge in [0, 0.05) is 0 Å². The van der Waals surface area contributed by atoms with Crippen LogP contribution in [0.1, 0.15) is 109 Å². The predicted octanol–water partition coefficient (Wildman–Crippen LogP) is 8.93. The molecule has 2 heteroatoms. The summed E-state index contributed by atoms with van der Waals surface area (Å²) in [6.45, 7) is 6.10. The van der Waals surface area contributed by atoms with Crippen molar-refractivity contribution in [2.24, 2.45) is 35.5 Å². The minimum atomic E-state index is -0.0117. The maximum absolute atomic E-state index is 12.8. The number of carbonyl (C=O) groups excluding carboxylic acids is 1. The Balaban J connectivity index is 1.18. The Labute approximate surface area is 208 Å². The molecule has 188 valence electrons. The van der Waals surface area contributed by atoms with Gasteiger partial charge in [-0.15, -0.1) is 6.58 Å². The highest BCUT2D eigenvalue weighted by Crippen LogP contribution is 2.49. The molecule has 1 aromatic carbocycles. The zero-order valence-corrected chi connectivity index (χ0v) is 21.7. The normalized spacial score (nSPS) is 31.4. The molecular formula is C32H48O2. The number of hydrogen-bond acceptors (Lipinski definition) is 2. The number of fused-ring (bicyclic) bond motifs is 1. The first-order valence-corrected chi connectivity index (χ1v) is 14.6. The zero-order chi connectivity index (χ0) is 23.8. The van der Waals surface area contributed by atoms with Gasteiger partial charge in [-0.25, -0.2) is 0 Å². The fourth-order valence-corrected chi connectivity index (χ4v) is 7.41. The highest BCUT2D eigenvalue weighted by atomic mass is 16.5. The second-order valence-corrected chi connectivity index (χ2v) is 11.8. The Morgan fingerprint density at radius 1 is 0.882 bits per heavy atom. The van der Waals surface area contributed by atoms with E-state index < -0.39 is 0 Å². The summed E-state index contributed by atoms with van der Waals surface area (Å²) in [5, 5.41) is 0. The maximum atomic E-state index is 12.8. The maximum Gasteiger partial charge on any atom is 0.314 e. The molecule has 0 spiro atoms. The van der Waals surface area contributed by atoms with Crippen LogP contribution in [0.4, 0.5) is 0 Å². The van der Waals surface area contributed by atoms with Crippen LogP contribution in [0.25, 0.3) is 0 Å². The van der Waals surface area contributed by atoms with E-state index in [1.54, 1.807) is 0 Å². The van der Waals surface area contributed by atoms with Crippen molar-refractivity contribution in [2.75, 3.05) is 0 Å². The van der Waals surface area contributed by atoms with E-state index in [2.05, 4.69) is 25.6 Å². The van der Waals surface area contributed by atoms with Gasteiger partial charge in [-0.1, -0.05) is 57.2 Å². The van der Waals surface area contributed by atoms with Crippen molar-refractivity contribution >= 4 is 5.97 Å². The first-order valence-electron chi connectivity index (χ1n) is 14.6. The Hall–Kier alpha value is -1.57. The molecule has 4 unspecified atom stereocenters. The van der Waals surface area contributed by atoms with Gasteiger partial charge >= 0.3 is 5.97 Å². The van der Waals surface area contributed by atoms with E-state index in [-0.39, 0.29) is 11.9 Å². The minimum Gasteiger partial charge on any atom is -0.426 e. The first kappa shape index (κ1) is 25.5. The molecule has 4 atom stereocenters. The minimum absolute atomic E-state index is 0.0117. The number of allylic oxidation sites excluding steroid dienone is 1. The lowest BCUT2D eigenvalue weighted by atomic mass is 9.60. The van der Waals surface area contributed by atoms with Crippen LogP contribution in [-0.4, -0.2) is 5.97 Å². The van der Waals surface area contributed by atoms with Gasteiger partial charge in [0.05, 0.1) is 5.92 Å². The van der Waals surface area contributed by atoms with Crippen LogP contribution in [0, 0.1) is 35.5 Å². The largest absolute Gasteiger partial charge is 0.426 e. The molecule has 2 nitrogen and oxygen atoms in total. The van der Waals surface area contributed by atoms with Gasteiger partial charge in [0.2, 0.25) is 0 Å². The van der Waals surface area contributed by atoms with Crippen molar-refractivity contribution < 1.29 is 9.53 Å². The molecule has 0 radical (unpaired) electrons. The number of carbonyl (C=O) groups is 1. The number of esters is 1. The molecule has 0 saturated heterocycles. The van der Waals surface area contributed by atoms with Gasteiger partial charge in [-0.05, 0) is 118 Å². The van der Waals surface area contributed by atoms with E-state index in [4.69, 9.17) is 4.74 Å². The third kappa shape index (κ3) is 6.98. The molecule has 0 amide bonds. The highest BCUT2D eigenvalue weighted by molar-refractivity contribution is 5.75. The van der Waals surface area contributed by atoms with Crippen LogP contribution >= 0.6 is 0 Å². The van der Waals surface area contributed by atoms with Gasteiger partial charge in [0.15, 0.2) is 0 Å². The van der Waals surface area contributed by atoms with Crippen molar-refractivity contribution in [1.29, 1.82) is 0 Å². The van der Waals surface area contributed by atoms with Crippen molar-refractivity contribution in [1.82, 2.24) is 0 Å². The van der Waals surface area contributed by atoms with Crippen molar-refractivity contribution in [3.63, 3.8) is 0 Å². The average Bonchev–Trinajstić information content (AvgIpc) is 2.88. The standard InChI is InChI=1S/C32H48O2/c1-3-5-7-9-25-10-13-30-23-29(19-18-28(30)22-25)26-14-16-27(17-15-26)32(33)34-31-20-11-24(12-21-31)8-6-4-2/h4,11-12,20-21,25-30H,2-3,5-10,13-19,22-23H2,1H3. The van der Waals surface area contributed by atoms with Crippen molar-refractivity contribution in [3.05, 3.63) is 42.5 Å². The van der Waals surface area contributed by atoms with Crippen molar-refractivity contribution in [2.45, 2.75) is 110 Å². The average molecular weight is 465 g/mol. The third-order valence-corrected chi connectivity index (χ3v) is 9.53. The topological polar surface area (TPSA) is 26.3 Å². The molecule has 0 aromatic heterocycles. The number of unbranched alkanes of at least 4 members (excludes halogenated alkanes) is 2. The summed E-state index contributed by atoms with van der Waals surface area (Å²) in [4.78, 5) is 12.8. The second kappa shape index (κ2) is 12.9. The SMILES string of the molecule is C=CCCc1ccc(OC(=O)C2CCC(C3CCC4CC(CCCCC)CCC4C3)CC2)cc1. The Morgan fingerprint density at radius 2 is 1.53 bits per heavy atom. The summed E-state index contributed by atoms with van der Waals surface area (Å²) < 4.78 is 5.75. The summed E-state index contributed by atoms with van der Waals surface area (Å²) in [6, 6.07) is 8.02. The number of benzene rings is 1. The lowest BCUT2D eigenvalue weighted by molar-refractivity contribution is -0.140. The molecule has 3 saturated carbocycles. The molecule has 0 heterocycles. The molecule has 0 bridgehead atoms. The smallest absolute Gasteiger partial charge is 0.314 e. The molecule has 3 aliphatic rings. The molecule has 34 heavy (non-hydrogen) atoms. The lowest BCUT2D eigenvalue weighted by Gasteiger charge is -2.45. The van der Waals surface area contributed by atoms with Crippen LogP contribution in [0.2, 0.25) is 0 Å². The monoisotopic (exact) mass is 464 g/mol. The lowest BCUT2D eigenvalue weighted by Crippen LogP contribution is -2.35. The summed E-state index contributed by atoms with van der Waals surface area (Å²) in [7, 11) is 0. The highest BCUT2D eigenvalue weighted by Gasteiger charge is 2.39. The molecule has 4 rings (SSSR count). The van der Waals surface area contributed by atoms with Gasteiger partial charge in [-0.3, -0.25) is 4.79 Å². The molecule has 3 fully saturated rings. The number of ether oxygens (including phenoxy) is 1. The van der Waals surface area contributed by atoms with E-state index >= 15 is 0 Å². The zero-order valence-electron chi connectivity index (χ0n) is 21.7. The molecule has 3 aliphatic carbocycles. The Bertz CT molecular complexity index is 758.